The lowest BCUT2D eigenvalue weighted by Gasteiger charge is -2.20. The minimum Gasteiger partial charge on any atom is -0.479 e. The van der Waals surface area contributed by atoms with Crippen molar-refractivity contribution in [1.29, 1.82) is 0 Å². The molecule has 1 aromatic heterocycles. The molecule has 0 aliphatic rings. The lowest BCUT2D eigenvalue weighted by atomic mass is 10.1. The molecule has 1 atom stereocenters. The fourth-order valence-corrected chi connectivity index (χ4v) is 1.58. The standard InChI is InChI=1S/C12H18N4O5/c1-4-21-9(17)7-15(2)12(20)14-10(11(18)19)8-5-13-16(3)6-8/h5-6,10H,4,7H2,1-3H3,(H,14,20)(H,18,19). The number of carbonyl (C=O) groups is 3. The lowest BCUT2D eigenvalue weighted by Crippen LogP contribution is -2.44. The molecule has 2 N–H and O–H groups in total. The zero-order valence-corrected chi connectivity index (χ0v) is 12.1. The number of rotatable bonds is 6. The van der Waals surface area contributed by atoms with Crippen LogP contribution in [0.2, 0.25) is 0 Å². The Bertz CT molecular complexity index is 527. The van der Waals surface area contributed by atoms with Crippen LogP contribution in [0.15, 0.2) is 12.4 Å². The molecule has 0 fully saturated rings. The topological polar surface area (TPSA) is 114 Å². The van der Waals surface area contributed by atoms with E-state index in [9.17, 15) is 19.5 Å². The van der Waals surface area contributed by atoms with Crippen LogP contribution in [0.5, 0.6) is 0 Å². The van der Waals surface area contributed by atoms with Gasteiger partial charge in [-0.15, -0.1) is 0 Å². The summed E-state index contributed by atoms with van der Waals surface area (Å²) < 4.78 is 6.14. The van der Waals surface area contributed by atoms with Gasteiger partial charge in [-0.05, 0) is 6.92 Å². The average molecular weight is 298 g/mol. The Hall–Kier alpha value is -2.58. The van der Waals surface area contributed by atoms with Crippen LogP contribution in [0, 0.1) is 0 Å². The van der Waals surface area contributed by atoms with E-state index < -0.39 is 24.0 Å². The Kier molecular flexibility index (Phi) is 5.70. The van der Waals surface area contributed by atoms with Crippen LogP contribution >= 0.6 is 0 Å². The third-order valence-corrected chi connectivity index (χ3v) is 2.59. The minimum absolute atomic E-state index is 0.210. The van der Waals surface area contributed by atoms with Crippen molar-refractivity contribution in [2.24, 2.45) is 7.05 Å². The van der Waals surface area contributed by atoms with Gasteiger partial charge >= 0.3 is 18.0 Å². The predicted octanol–water partition coefficient (Wildman–Crippen LogP) is -0.250. The van der Waals surface area contributed by atoms with Crippen LogP contribution in [0.3, 0.4) is 0 Å². The number of aryl methyl sites for hydroxylation is 1. The molecule has 1 unspecified atom stereocenters. The molecule has 9 heteroatoms. The van der Waals surface area contributed by atoms with Crippen LogP contribution in [-0.2, 0) is 21.4 Å². The summed E-state index contributed by atoms with van der Waals surface area (Å²) in [6.45, 7) is 1.60. The lowest BCUT2D eigenvalue weighted by molar-refractivity contribution is -0.143. The van der Waals surface area contributed by atoms with Crippen molar-refractivity contribution in [3.05, 3.63) is 18.0 Å². The number of aliphatic carboxylic acids is 1. The van der Waals surface area contributed by atoms with Crippen molar-refractivity contribution in [3.8, 4) is 0 Å². The number of ether oxygens (including phenoxy) is 1. The number of esters is 1. The molecule has 0 radical (unpaired) electrons. The van der Waals surface area contributed by atoms with Crippen molar-refractivity contribution >= 4 is 18.0 Å². The highest BCUT2D eigenvalue weighted by Gasteiger charge is 2.25. The summed E-state index contributed by atoms with van der Waals surface area (Å²) in [4.78, 5) is 35.4. The van der Waals surface area contributed by atoms with Gasteiger partial charge in [0.25, 0.3) is 0 Å². The van der Waals surface area contributed by atoms with Gasteiger partial charge in [0.1, 0.15) is 6.54 Å². The largest absolute Gasteiger partial charge is 0.479 e. The smallest absolute Gasteiger partial charge is 0.331 e. The molecular formula is C12H18N4O5. The van der Waals surface area contributed by atoms with Crippen molar-refractivity contribution in [3.63, 3.8) is 0 Å². The summed E-state index contributed by atoms with van der Waals surface area (Å²) >= 11 is 0. The van der Waals surface area contributed by atoms with Crippen LogP contribution < -0.4 is 5.32 Å². The zero-order chi connectivity index (χ0) is 16.0. The first-order chi connectivity index (χ1) is 9.85. The Morgan fingerprint density at radius 3 is 2.67 bits per heavy atom. The van der Waals surface area contributed by atoms with Gasteiger partial charge in [0.15, 0.2) is 6.04 Å². The first kappa shape index (κ1) is 16.5. The summed E-state index contributed by atoms with van der Waals surface area (Å²) in [6, 6.07) is -1.94. The monoisotopic (exact) mass is 298 g/mol. The molecule has 0 aliphatic carbocycles. The second-order valence-electron chi connectivity index (χ2n) is 4.33. The van der Waals surface area contributed by atoms with E-state index in [4.69, 9.17) is 4.74 Å². The molecule has 1 aromatic rings. The Morgan fingerprint density at radius 1 is 1.52 bits per heavy atom. The summed E-state index contributed by atoms with van der Waals surface area (Å²) in [5.41, 5.74) is 0.336. The molecule has 0 aromatic carbocycles. The van der Waals surface area contributed by atoms with E-state index in [-0.39, 0.29) is 13.2 Å². The van der Waals surface area contributed by atoms with Crippen LogP contribution in [0.1, 0.15) is 18.5 Å². The Morgan fingerprint density at radius 2 is 2.19 bits per heavy atom. The van der Waals surface area contributed by atoms with E-state index in [1.54, 1.807) is 14.0 Å². The number of carbonyl (C=O) groups excluding carboxylic acids is 2. The highest BCUT2D eigenvalue weighted by molar-refractivity contribution is 5.85. The van der Waals surface area contributed by atoms with E-state index in [2.05, 4.69) is 10.4 Å². The molecule has 21 heavy (non-hydrogen) atoms. The first-order valence-electron chi connectivity index (χ1n) is 6.23. The summed E-state index contributed by atoms with van der Waals surface area (Å²) in [5, 5.41) is 15.3. The maximum absolute atomic E-state index is 11.9. The summed E-state index contributed by atoms with van der Waals surface area (Å²) in [7, 11) is 3.01. The highest BCUT2D eigenvalue weighted by Crippen LogP contribution is 2.12. The van der Waals surface area contributed by atoms with Gasteiger partial charge in [0, 0.05) is 25.9 Å². The number of nitrogens with zero attached hydrogens (tertiary/aromatic N) is 3. The van der Waals surface area contributed by atoms with Gasteiger partial charge in [-0.1, -0.05) is 0 Å². The van der Waals surface area contributed by atoms with E-state index in [0.717, 1.165) is 4.90 Å². The van der Waals surface area contributed by atoms with E-state index in [1.165, 1.54) is 24.1 Å². The van der Waals surface area contributed by atoms with Gasteiger partial charge in [-0.25, -0.2) is 9.59 Å². The minimum atomic E-state index is -1.24. The molecule has 1 heterocycles. The maximum Gasteiger partial charge on any atom is 0.331 e. The maximum atomic E-state index is 11.9. The molecule has 1 rings (SSSR count). The molecule has 0 aliphatic heterocycles. The zero-order valence-electron chi connectivity index (χ0n) is 12.1. The molecule has 0 saturated carbocycles. The number of urea groups is 1. The van der Waals surface area contributed by atoms with Gasteiger partial charge in [-0.2, -0.15) is 5.10 Å². The molecule has 116 valence electrons. The van der Waals surface area contributed by atoms with Crippen LogP contribution in [0.4, 0.5) is 4.79 Å². The Balaban J connectivity index is 2.69. The summed E-state index contributed by atoms with van der Waals surface area (Å²) in [5.74, 6) is -1.79. The average Bonchev–Trinajstić information content (AvgIpc) is 2.81. The van der Waals surface area contributed by atoms with E-state index in [1.807, 2.05) is 0 Å². The highest BCUT2D eigenvalue weighted by atomic mass is 16.5. The molecular weight excluding hydrogens is 280 g/mol. The van der Waals surface area contributed by atoms with Gasteiger partial charge in [-0.3, -0.25) is 9.48 Å². The van der Waals surface area contributed by atoms with Crippen molar-refractivity contribution in [2.75, 3.05) is 20.2 Å². The van der Waals surface area contributed by atoms with E-state index >= 15 is 0 Å². The first-order valence-corrected chi connectivity index (χ1v) is 6.23. The molecule has 0 spiro atoms. The number of amides is 2. The molecule has 2 amide bonds. The van der Waals surface area contributed by atoms with Crippen LogP contribution in [-0.4, -0.2) is 58.0 Å². The number of carboxylic acid groups (broad SMARTS) is 1. The predicted molar refractivity (Wildman–Crippen MR) is 71.4 cm³/mol. The quantitative estimate of drug-likeness (QED) is 0.700. The number of nitrogens with one attached hydrogen (secondary N) is 1. The second kappa shape index (κ2) is 7.27. The molecule has 9 nitrogen and oxygen atoms in total. The number of aromatic nitrogens is 2. The third kappa shape index (κ3) is 4.79. The number of hydrogen-bond acceptors (Lipinski definition) is 5. The summed E-state index contributed by atoms with van der Waals surface area (Å²) in [6.07, 6.45) is 2.84. The molecule has 0 bridgehead atoms. The second-order valence-corrected chi connectivity index (χ2v) is 4.33. The van der Waals surface area contributed by atoms with Crippen molar-refractivity contribution in [2.45, 2.75) is 13.0 Å². The molecule has 0 saturated heterocycles. The third-order valence-electron chi connectivity index (χ3n) is 2.59. The number of carboxylic acids is 1. The normalized spacial score (nSPS) is 11.6. The van der Waals surface area contributed by atoms with Crippen LogP contribution in [0.25, 0.3) is 0 Å². The number of likely N-dealkylation sites (N-methyl/N-ethyl adjacent to an activating group) is 1. The van der Waals surface area contributed by atoms with E-state index in [0.29, 0.717) is 5.56 Å². The number of hydrogen-bond donors (Lipinski definition) is 2. The SMILES string of the molecule is CCOC(=O)CN(C)C(=O)NC(C(=O)O)c1cnn(C)c1. The Labute approximate surface area is 121 Å². The van der Waals surface area contributed by atoms with Gasteiger partial charge < -0.3 is 20.1 Å². The fourth-order valence-electron chi connectivity index (χ4n) is 1.58. The van der Waals surface area contributed by atoms with Crippen molar-refractivity contribution < 1.29 is 24.2 Å². The van der Waals surface area contributed by atoms with Gasteiger partial charge in [0.2, 0.25) is 0 Å². The fraction of sp³-hybridized carbons (Fsp3) is 0.500. The van der Waals surface area contributed by atoms with Crippen molar-refractivity contribution in [1.82, 2.24) is 20.0 Å². The van der Waals surface area contributed by atoms with Gasteiger partial charge in [0.05, 0.1) is 12.8 Å².